The predicted molar refractivity (Wildman–Crippen MR) is 74.4 cm³/mol. The van der Waals surface area contributed by atoms with Gasteiger partial charge in [0.05, 0.1) is 24.3 Å². The van der Waals surface area contributed by atoms with Crippen molar-refractivity contribution >= 4 is 5.69 Å². The molecule has 102 valence electrons. The molecule has 0 spiro atoms. The number of tetrazole rings is 1. The SMILES string of the molecule is CCn1cncc1CNc1ccc(-n2cnnn2)cc1. The quantitative estimate of drug-likeness (QED) is 0.759. The van der Waals surface area contributed by atoms with Gasteiger partial charge in [0.25, 0.3) is 0 Å². The first-order chi connectivity index (χ1) is 9.86. The molecule has 0 fully saturated rings. The van der Waals surface area contributed by atoms with Crippen LogP contribution in [0.1, 0.15) is 12.6 Å². The minimum absolute atomic E-state index is 0.748. The molecule has 0 aliphatic carbocycles. The molecule has 2 aromatic heterocycles. The van der Waals surface area contributed by atoms with Gasteiger partial charge >= 0.3 is 0 Å². The van der Waals surface area contributed by atoms with Crippen LogP contribution in [0.2, 0.25) is 0 Å². The van der Waals surface area contributed by atoms with Gasteiger partial charge in [-0.3, -0.25) is 0 Å². The van der Waals surface area contributed by atoms with Gasteiger partial charge < -0.3 is 9.88 Å². The fraction of sp³-hybridized carbons (Fsp3) is 0.231. The number of nitrogens with zero attached hydrogens (tertiary/aromatic N) is 6. The van der Waals surface area contributed by atoms with E-state index >= 15 is 0 Å². The molecule has 3 aromatic rings. The number of hydrogen-bond acceptors (Lipinski definition) is 5. The molecule has 2 heterocycles. The van der Waals surface area contributed by atoms with Crippen LogP contribution in [-0.4, -0.2) is 29.8 Å². The van der Waals surface area contributed by atoms with Crippen molar-refractivity contribution in [3.63, 3.8) is 0 Å². The van der Waals surface area contributed by atoms with Gasteiger partial charge in [0, 0.05) is 18.4 Å². The Morgan fingerprint density at radius 1 is 1.15 bits per heavy atom. The Kier molecular flexibility index (Phi) is 3.40. The molecule has 7 nitrogen and oxygen atoms in total. The van der Waals surface area contributed by atoms with E-state index < -0.39 is 0 Å². The number of rotatable bonds is 5. The largest absolute Gasteiger partial charge is 0.379 e. The van der Waals surface area contributed by atoms with Crippen LogP contribution in [-0.2, 0) is 13.1 Å². The number of benzene rings is 1. The van der Waals surface area contributed by atoms with Gasteiger partial charge in [-0.15, -0.1) is 5.10 Å². The summed E-state index contributed by atoms with van der Waals surface area (Å²) in [5.41, 5.74) is 3.14. The average Bonchev–Trinajstić information content (AvgIpc) is 3.16. The Bertz CT molecular complexity index is 654. The predicted octanol–water partition coefficient (Wildman–Crippen LogP) is 1.49. The lowest BCUT2D eigenvalue weighted by atomic mass is 10.2. The molecule has 0 saturated heterocycles. The highest BCUT2D eigenvalue weighted by atomic mass is 15.5. The van der Waals surface area contributed by atoms with Crippen LogP contribution in [0.3, 0.4) is 0 Å². The molecule has 0 bridgehead atoms. The van der Waals surface area contributed by atoms with Crippen LogP contribution in [0.15, 0.2) is 43.1 Å². The minimum atomic E-state index is 0.748. The van der Waals surface area contributed by atoms with Crippen LogP contribution in [0, 0.1) is 0 Å². The Morgan fingerprint density at radius 2 is 2.00 bits per heavy atom. The summed E-state index contributed by atoms with van der Waals surface area (Å²) in [7, 11) is 0. The summed E-state index contributed by atoms with van der Waals surface area (Å²) >= 11 is 0. The van der Waals surface area contributed by atoms with Gasteiger partial charge in [0.2, 0.25) is 0 Å². The van der Waals surface area contributed by atoms with Crippen molar-refractivity contribution in [2.45, 2.75) is 20.0 Å². The van der Waals surface area contributed by atoms with Gasteiger partial charge in [0.15, 0.2) is 0 Å². The first-order valence-electron chi connectivity index (χ1n) is 6.43. The smallest absolute Gasteiger partial charge is 0.143 e. The fourth-order valence-corrected chi connectivity index (χ4v) is 1.98. The van der Waals surface area contributed by atoms with Gasteiger partial charge in [-0.05, 0) is 41.6 Å². The van der Waals surface area contributed by atoms with Crippen LogP contribution >= 0.6 is 0 Å². The van der Waals surface area contributed by atoms with Crippen molar-refractivity contribution < 1.29 is 0 Å². The first kappa shape index (κ1) is 12.3. The van der Waals surface area contributed by atoms with E-state index in [1.807, 2.05) is 36.8 Å². The lowest BCUT2D eigenvalue weighted by Gasteiger charge is -2.09. The molecule has 0 unspecified atom stereocenters. The molecule has 0 atom stereocenters. The van der Waals surface area contributed by atoms with Crippen molar-refractivity contribution in [1.29, 1.82) is 0 Å². The third kappa shape index (κ3) is 2.51. The standard InChI is InChI=1S/C13H15N7/c1-2-19-9-14-7-13(19)8-15-11-3-5-12(6-4-11)20-10-16-17-18-20/h3-7,9-10,15H,2,8H2,1H3. The third-order valence-electron chi connectivity index (χ3n) is 3.09. The topological polar surface area (TPSA) is 73.5 Å². The molecule has 1 N–H and O–H groups in total. The Hall–Kier alpha value is -2.70. The van der Waals surface area contributed by atoms with Crippen LogP contribution in [0.5, 0.6) is 0 Å². The second-order valence-corrected chi connectivity index (χ2v) is 4.33. The van der Waals surface area contributed by atoms with Crippen molar-refractivity contribution in [3.05, 3.63) is 48.8 Å². The number of nitrogens with one attached hydrogen (secondary N) is 1. The Balaban J connectivity index is 1.67. The van der Waals surface area contributed by atoms with E-state index in [0.717, 1.165) is 30.2 Å². The zero-order chi connectivity index (χ0) is 13.8. The van der Waals surface area contributed by atoms with Crippen LogP contribution in [0.4, 0.5) is 5.69 Å². The lowest BCUT2D eigenvalue weighted by Crippen LogP contribution is -2.06. The number of anilines is 1. The summed E-state index contributed by atoms with van der Waals surface area (Å²) < 4.78 is 3.73. The molecular weight excluding hydrogens is 254 g/mol. The zero-order valence-corrected chi connectivity index (χ0v) is 11.1. The van der Waals surface area contributed by atoms with Gasteiger partial charge in [-0.1, -0.05) is 0 Å². The van der Waals surface area contributed by atoms with E-state index in [9.17, 15) is 0 Å². The lowest BCUT2D eigenvalue weighted by molar-refractivity contribution is 0.719. The highest BCUT2D eigenvalue weighted by molar-refractivity contribution is 5.48. The molecule has 1 aromatic carbocycles. The number of aromatic nitrogens is 6. The molecule has 0 radical (unpaired) electrons. The molecule has 0 aliphatic rings. The summed E-state index contributed by atoms with van der Waals surface area (Å²) in [5.74, 6) is 0. The third-order valence-corrected chi connectivity index (χ3v) is 3.09. The Morgan fingerprint density at radius 3 is 2.70 bits per heavy atom. The van der Waals surface area contributed by atoms with E-state index in [1.165, 1.54) is 0 Å². The van der Waals surface area contributed by atoms with E-state index in [4.69, 9.17) is 0 Å². The van der Waals surface area contributed by atoms with Crippen molar-refractivity contribution in [2.75, 3.05) is 5.32 Å². The summed E-state index contributed by atoms with van der Waals surface area (Å²) in [4.78, 5) is 4.15. The highest BCUT2D eigenvalue weighted by Gasteiger charge is 2.01. The molecular formula is C13H15N7. The summed E-state index contributed by atoms with van der Waals surface area (Å²) in [6, 6.07) is 7.94. The normalized spacial score (nSPS) is 10.7. The van der Waals surface area contributed by atoms with Crippen molar-refractivity contribution in [1.82, 2.24) is 29.8 Å². The van der Waals surface area contributed by atoms with Gasteiger partial charge in [-0.25, -0.2) is 9.67 Å². The maximum atomic E-state index is 4.15. The number of hydrogen-bond donors (Lipinski definition) is 1. The molecule has 20 heavy (non-hydrogen) atoms. The zero-order valence-electron chi connectivity index (χ0n) is 11.1. The van der Waals surface area contributed by atoms with Crippen LogP contribution in [0.25, 0.3) is 5.69 Å². The molecule has 0 saturated carbocycles. The Labute approximate surface area is 116 Å². The second-order valence-electron chi connectivity index (χ2n) is 4.33. The molecule has 0 amide bonds. The van der Waals surface area contributed by atoms with Gasteiger partial charge in [0.1, 0.15) is 6.33 Å². The second kappa shape index (κ2) is 5.52. The van der Waals surface area contributed by atoms with E-state index in [-0.39, 0.29) is 0 Å². The van der Waals surface area contributed by atoms with E-state index in [0.29, 0.717) is 0 Å². The molecule has 7 heteroatoms. The molecule has 3 rings (SSSR count). The molecule has 0 aliphatic heterocycles. The number of imidazole rings is 1. The fourth-order valence-electron chi connectivity index (χ4n) is 1.98. The number of aryl methyl sites for hydroxylation is 1. The summed E-state index contributed by atoms with van der Waals surface area (Å²) in [5, 5.41) is 14.5. The van der Waals surface area contributed by atoms with E-state index in [1.54, 1.807) is 11.0 Å². The summed E-state index contributed by atoms with van der Waals surface area (Å²) in [6.45, 7) is 3.78. The monoisotopic (exact) mass is 269 g/mol. The van der Waals surface area contributed by atoms with Crippen molar-refractivity contribution in [3.8, 4) is 5.69 Å². The average molecular weight is 269 g/mol. The maximum Gasteiger partial charge on any atom is 0.143 e. The maximum absolute atomic E-state index is 4.15. The van der Waals surface area contributed by atoms with E-state index in [2.05, 4.69) is 37.3 Å². The highest BCUT2D eigenvalue weighted by Crippen LogP contribution is 2.13. The van der Waals surface area contributed by atoms with Gasteiger partial charge in [-0.2, -0.15) is 0 Å². The summed E-state index contributed by atoms with van der Waals surface area (Å²) in [6.07, 6.45) is 5.30. The first-order valence-corrected chi connectivity index (χ1v) is 6.43. The van der Waals surface area contributed by atoms with Crippen LogP contribution < -0.4 is 5.32 Å². The van der Waals surface area contributed by atoms with Crippen molar-refractivity contribution in [2.24, 2.45) is 0 Å². The minimum Gasteiger partial charge on any atom is -0.379 e.